The van der Waals surface area contributed by atoms with Crippen LogP contribution in [-0.2, 0) is 12.8 Å². The van der Waals surface area contributed by atoms with Gasteiger partial charge in [-0.2, -0.15) is 11.3 Å². The molecule has 0 spiro atoms. The molecule has 1 heterocycles. The van der Waals surface area contributed by atoms with E-state index < -0.39 is 0 Å². The van der Waals surface area contributed by atoms with Gasteiger partial charge in [-0.05, 0) is 59.3 Å². The second-order valence-electron chi connectivity index (χ2n) is 4.88. The Balaban J connectivity index is 2.01. The van der Waals surface area contributed by atoms with Gasteiger partial charge in [0.2, 0.25) is 0 Å². The smallest absolute Gasteiger partial charge is 0.0323 e. The Hall–Kier alpha value is -1.12. The molecule has 0 bridgehead atoms. The van der Waals surface area contributed by atoms with E-state index in [1.165, 1.54) is 16.7 Å². The highest BCUT2D eigenvalue weighted by Gasteiger charge is 2.10. The van der Waals surface area contributed by atoms with Crippen molar-refractivity contribution in [2.24, 2.45) is 0 Å². The molecule has 1 unspecified atom stereocenters. The molecule has 0 aliphatic rings. The molecule has 0 saturated heterocycles. The predicted molar refractivity (Wildman–Crippen MR) is 84.9 cm³/mol. The number of nitrogens with one attached hydrogen (secondary N) is 1. The normalized spacial score (nSPS) is 12.5. The fourth-order valence-electron chi connectivity index (χ4n) is 2.36. The van der Waals surface area contributed by atoms with Gasteiger partial charge < -0.3 is 5.32 Å². The topological polar surface area (TPSA) is 12.0 Å². The monoisotopic (exact) mass is 273 g/mol. The first kappa shape index (κ1) is 14.3. The zero-order valence-corrected chi connectivity index (χ0v) is 12.7. The van der Waals surface area contributed by atoms with Crippen molar-refractivity contribution in [1.29, 1.82) is 0 Å². The van der Waals surface area contributed by atoms with Crippen molar-refractivity contribution in [2.75, 3.05) is 6.54 Å². The van der Waals surface area contributed by atoms with E-state index in [2.05, 4.69) is 60.3 Å². The number of thiophene rings is 1. The average Bonchev–Trinajstić information content (AvgIpc) is 2.97. The van der Waals surface area contributed by atoms with Crippen molar-refractivity contribution in [3.8, 4) is 0 Å². The van der Waals surface area contributed by atoms with Gasteiger partial charge in [-0.15, -0.1) is 0 Å². The lowest BCUT2D eigenvalue weighted by Crippen LogP contribution is -2.21. The molecule has 2 aromatic rings. The molecule has 2 heteroatoms. The first-order chi connectivity index (χ1) is 9.33. The molecule has 0 aliphatic heterocycles. The standard InChI is InChI=1S/C17H23NS/c1-3-14-5-8-16(9-6-14)17(18-4-2)10-7-15-11-12-19-13-15/h5-6,8-9,11-13,17-18H,3-4,7,10H2,1-2H3. The van der Waals surface area contributed by atoms with Crippen LogP contribution in [0.25, 0.3) is 0 Å². The Labute approximate surface area is 120 Å². The third kappa shape index (κ3) is 4.19. The zero-order chi connectivity index (χ0) is 13.5. The molecule has 1 aromatic carbocycles. The maximum Gasteiger partial charge on any atom is 0.0323 e. The Morgan fingerprint density at radius 1 is 1.05 bits per heavy atom. The molecule has 1 aromatic heterocycles. The van der Waals surface area contributed by atoms with Gasteiger partial charge >= 0.3 is 0 Å². The summed E-state index contributed by atoms with van der Waals surface area (Å²) in [5.41, 5.74) is 4.28. The van der Waals surface area contributed by atoms with E-state index in [-0.39, 0.29) is 0 Å². The Morgan fingerprint density at radius 2 is 1.84 bits per heavy atom. The zero-order valence-electron chi connectivity index (χ0n) is 11.9. The van der Waals surface area contributed by atoms with Gasteiger partial charge in [0.15, 0.2) is 0 Å². The number of benzene rings is 1. The third-order valence-corrected chi connectivity index (χ3v) is 4.27. The number of hydrogen-bond acceptors (Lipinski definition) is 2. The summed E-state index contributed by atoms with van der Waals surface area (Å²) in [6, 6.07) is 11.8. The fourth-order valence-corrected chi connectivity index (χ4v) is 3.07. The molecule has 1 nitrogen and oxygen atoms in total. The molecule has 0 fully saturated rings. The molecular formula is C17H23NS. The molecule has 0 aliphatic carbocycles. The van der Waals surface area contributed by atoms with E-state index in [4.69, 9.17) is 0 Å². The quantitative estimate of drug-likeness (QED) is 0.777. The van der Waals surface area contributed by atoms with Gasteiger partial charge in [-0.25, -0.2) is 0 Å². The van der Waals surface area contributed by atoms with Crippen molar-refractivity contribution in [2.45, 2.75) is 39.2 Å². The fraction of sp³-hybridized carbons (Fsp3) is 0.412. The molecule has 0 radical (unpaired) electrons. The van der Waals surface area contributed by atoms with E-state index >= 15 is 0 Å². The van der Waals surface area contributed by atoms with Gasteiger partial charge in [0.1, 0.15) is 0 Å². The lowest BCUT2D eigenvalue weighted by Gasteiger charge is -2.18. The first-order valence-corrected chi connectivity index (χ1v) is 8.11. The SMILES string of the molecule is CCNC(CCc1ccsc1)c1ccc(CC)cc1. The molecule has 1 atom stereocenters. The molecular weight excluding hydrogens is 250 g/mol. The number of hydrogen-bond donors (Lipinski definition) is 1. The summed E-state index contributed by atoms with van der Waals surface area (Å²) in [4.78, 5) is 0. The minimum Gasteiger partial charge on any atom is -0.310 e. The van der Waals surface area contributed by atoms with Crippen LogP contribution in [0.3, 0.4) is 0 Å². The van der Waals surface area contributed by atoms with Gasteiger partial charge in [-0.1, -0.05) is 38.1 Å². The molecule has 102 valence electrons. The minimum absolute atomic E-state index is 0.468. The summed E-state index contributed by atoms with van der Waals surface area (Å²) in [6.45, 7) is 5.40. The summed E-state index contributed by atoms with van der Waals surface area (Å²) < 4.78 is 0. The Kier molecular flexibility index (Phi) is 5.62. The largest absolute Gasteiger partial charge is 0.310 e. The first-order valence-electron chi connectivity index (χ1n) is 7.16. The van der Waals surface area contributed by atoms with Crippen LogP contribution in [0.2, 0.25) is 0 Å². The van der Waals surface area contributed by atoms with Crippen LogP contribution >= 0.6 is 11.3 Å². The van der Waals surface area contributed by atoms with Gasteiger partial charge in [0, 0.05) is 6.04 Å². The van der Waals surface area contributed by atoms with Crippen LogP contribution in [0, 0.1) is 0 Å². The van der Waals surface area contributed by atoms with Crippen LogP contribution in [0.15, 0.2) is 41.1 Å². The van der Waals surface area contributed by atoms with E-state index in [1.807, 2.05) is 0 Å². The number of rotatable bonds is 7. The van der Waals surface area contributed by atoms with Crippen molar-refractivity contribution in [1.82, 2.24) is 5.32 Å². The Bertz CT molecular complexity index is 459. The van der Waals surface area contributed by atoms with Gasteiger partial charge in [-0.3, -0.25) is 0 Å². The van der Waals surface area contributed by atoms with E-state index in [9.17, 15) is 0 Å². The predicted octanol–water partition coefficient (Wildman–Crippen LogP) is 4.59. The third-order valence-electron chi connectivity index (χ3n) is 3.54. The summed E-state index contributed by atoms with van der Waals surface area (Å²) >= 11 is 1.78. The van der Waals surface area contributed by atoms with Crippen molar-refractivity contribution < 1.29 is 0 Å². The molecule has 19 heavy (non-hydrogen) atoms. The second-order valence-corrected chi connectivity index (χ2v) is 5.66. The molecule has 0 amide bonds. The maximum absolute atomic E-state index is 3.60. The highest BCUT2D eigenvalue weighted by Crippen LogP contribution is 2.21. The van der Waals surface area contributed by atoms with E-state index in [1.54, 1.807) is 11.3 Å². The van der Waals surface area contributed by atoms with Gasteiger partial charge in [0.25, 0.3) is 0 Å². The van der Waals surface area contributed by atoms with Crippen LogP contribution in [0.5, 0.6) is 0 Å². The van der Waals surface area contributed by atoms with Crippen molar-refractivity contribution in [3.05, 3.63) is 57.8 Å². The van der Waals surface area contributed by atoms with Crippen LogP contribution in [0.1, 0.15) is 43.0 Å². The van der Waals surface area contributed by atoms with Crippen LogP contribution in [0.4, 0.5) is 0 Å². The maximum atomic E-state index is 3.60. The molecule has 2 rings (SSSR count). The highest BCUT2D eigenvalue weighted by molar-refractivity contribution is 7.07. The number of aryl methyl sites for hydroxylation is 2. The Morgan fingerprint density at radius 3 is 2.42 bits per heavy atom. The van der Waals surface area contributed by atoms with Crippen LogP contribution < -0.4 is 5.32 Å². The summed E-state index contributed by atoms with van der Waals surface area (Å²) in [5.74, 6) is 0. The molecule has 0 saturated carbocycles. The van der Waals surface area contributed by atoms with Crippen molar-refractivity contribution in [3.63, 3.8) is 0 Å². The molecule has 1 N–H and O–H groups in total. The van der Waals surface area contributed by atoms with E-state index in [0.29, 0.717) is 6.04 Å². The lowest BCUT2D eigenvalue weighted by molar-refractivity contribution is 0.515. The lowest BCUT2D eigenvalue weighted by atomic mass is 9.98. The van der Waals surface area contributed by atoms with Gasteiger partial charge in [0.05, 0.1) is 0 Å². The highest BCUT2D eigenvalue weighted by atomic mass is 32.1. The summed E-state index contributed by atoms with van der Waals surface area (Å²) in [7, 11) is 0. The van der Waals surface area contributed by atoms with E-state index in [0.717, 1.165) is 25.8 Å². The average molecular weight is 273 g/mol. The second kappa shape index (κ2) is 7.46. The summed E-state index contributed by atoms with van der Waals surface area (Å²) in [6.07, 6.45) is 3.42. The minimum atomic E-state index is 0.468. The summed E-state index contributed by atoms with van der Waals surface area (Å²) in [5, 5.41) is 8.02. The van der Waals surface area contributed by atoms with Crippen molar-refractivity contribution >= 4 is 11.3 Å². The van der Waals surface area contributed by atoms with Crippen LogP contribution in [-0.4, -0.2) is 6.54 Å².